The molecule has 1 saturated carbocycles. The maximum absolute atomic E-state index is 11.8. The Morgan fingerprint density at radius 1 is 1.58 bits per heavy atom. The van der Waals surface area contributed by atoms with Crippen LogP contribution >= 0.6 is 15.9 Å². The highest BCUT2D eigenvalue weighted by Gasteiger charge is 2.23. The van der Waals surface area contributed by atoms with E-state index in [0.29, 0.717) is 16.2 Å². The summed E-state index contributed by atoms with van der Waals surface area (Å²) in [6, 6.07) is 0.313. The Hall–Kier alpha value is -1.41. The molecule has 1 fully saturated rings. The molecule has 0 unspecified atom stereocenters. The first-order chi connectivity index (χ1) is 9.11. The molecule has 19 heavy (non-hydrogen) atoms. The number of nitrogens with zero attached hydrogens (tertiary/aromatic N) is 2. The summed E-state index contributed by atoms with van der Waals surface area (Å²) in [7, 11) is 0. The van der Waals surface area contributed by atoms with Crippen molar-refractivity contribution in [2.24, 2.45) is 0 Å². The smallest absolute Gasteiger partial charge is 0.283 e. The Labute approximate surface area is 118 Å². The third-order valence-corrected chi connectivity index (χ3v) is 3.44. The molecule has 0 bridgehead atoms. The van der Waals surface area contributed by atoms with Crippen LogP contribution in [0.1, 0.15) is 12.8 Å². The number of hydrogen-bond acceptors (Lipinski definition) is 5. The van der Waals surface area contributed by atoms with Crippen LogP contribution in [0.2, 0.25) is 0 Å². The van der Waals surface area contributed by atoms with Gasteiger partial charge in [-0.05, 0) is 28.8 Å². The molecule has 104 valence electrons. The van der Waals surface area contributed by atoms with Gasteiger partial charge < -0.3 is 15.7 Å². The van der Waals surface area contributed by atoms with Gasteiger partial charge in [0.2, 0.25) is 5.91 Å². The monoisotopic (exact) mass is 330 g/mol. The van der Waals surface area contributed by atoms with Crippen molar-refractivity contribution in [3.05, 3.63) is 21.0 Å². The molecule has 0 atom stereocenters. The average Bonchev–Trinajstić information content (AvgIpc) is 3.18. The normalized spacial score (nSPS) is 14.2. The second kappa shape index (κ2) is 6.16. The van der Waals surface area contributed by atoms with E-state index in [0.717, 1.165) is 17.5 Å². The Morgan fingerprint density at radius 2 is 2.32 bits per heavy atom. The lowest BCUT2D eigenvalue weighted by molar-refractivity contribution is -0.119. The lowest BCUT2D eigenvalue weighted by atomic mass is 10.4. The Balaban J connectivity index is 1.98. The molecule has 3 N–H and O–H groups in total. The first-order valence-corrected chi connectivity index (χ1v) is 6.81. The zero-order valence-electron chi connectivity index (χ0n) is 10.2. The molecule has 1 aliphatic carbocycles. The molecule has 1 aromatic heterocycles. The van der Waals surface area contributed by atoms with Gasteiger partial charge in [-0.15, -0.1) is 0 Å². The maximum atomic E-state index is 11.8. The number of hydrogen-bond donors (Lipinski definition) is 3. The van der Waals surface area contributed by atoms with Crippen LogP contribution in [-0.4, -0.2) is 40.0 Å². The minimum absolute atomic E-state index is 0.0975. The molecule has 0 spiro atoms. The van der Waals surface area contributed by atoms with E-state index in [4.69, 9.17) is 5.11 Å². The van der Waals surface area contributed by atoms with E-state index in [1.807, 2.05) is 0 Å². The molecule has 1 amide bonds. The number of halogens is 1. The fourth-order valence-electron chi connectivity index (χ4n) is 1.52. The molecular formula is C11H15BrN4O3. The van der Waals surface area contributed by atoms with Crippen LogP contribution in [-0.2, 0) is 11.3 Å². The molecular weight excluding hydrogens is 316 g/mol. The van der Waals surface area contributed by atoms with Crippen molar-refractivity contribution in [2.75, 3.05) is 18.5 Å². The molecule has 0 aliphatic heterocycles. The van der Waals surface area contributed by atoms with E-state index in [9.17, 15) is 9.59 Å². The van der Waals surface area contributed by atoms with E-state index < -0.39 is 0 Å². The highest BCUT2D eigenvalue weighted by molar-refractivity contribution is 9.10. The molecule has 1 aliphatic rings. The summed E-state index contributed by atoms with van der Waals surface area (Å²) in [5.41, 5.74) is 0.117. The minimum Gasteiger partial charge on any atom is -0.394 e. The Bertz CT molecular complexity index is 527. The SMILES string of the molecule is O=C(CNc1cnn(CCO)c(=O)c1Br)NC1CC1. The zero-order chi connectivity index (χ0) is 13.8. The second-order valence-corrected chi connectivity index (χ2v) is 5.11. The van der Waals surface area contributed by atoms with Crippen molar-refractivity contribution in [1.29, 1.82) is 0 Å². The van der Waals surface area contributed by atoms with E-state index in [1.165, 1.54) is 6.20 Å². The predicted octanol–water partition coefficient (Wildman–Crippen LogP) is -0.311. The van der Waals surface area contributed by atoms with Gasteiger partial charge in [0.05, 0.1) is 31.6 Å². The van der Waals surface area contributed by atoms with Crippen molar-refractivity contribution in [3.63, 3.8) is 0 Å². The summed E-state index contributed by atoms with van der Waals surface area (Å²) in [6.07, 6.45) is 3.52. The lowest BCUT2D eigenvalue weighted by Crippen LogP contribution is -2.32. The Kier molecular flexibility index (Phi) is 4.54. The topological polar surface area (TPSA) is 96.2 Å². The van der Waals surface area contributed by atoms with Gasteiger partial charge in [-0.1, -0.05) is 0 Å². The summed E-state index contributed by atoms with van der Waals surface area (Å²) < 4.78 is 1.45. The van der Waals surface area contributed by atoms with E-state index in [-0.39, 0.29) is 31.2 Å². The molecule has 0 radical (unpaired) electrons. The van der Waals surface area contributed by atoms with Crippen LogP contribution in [0.15, 0.2) is 15.5 Å². The third kappa shape index (κ3) is 3.77. The molecule has 0 saturated heterocycles. The van der Waals surface area contributed by atoms with Gasteiger partial charge in [0, 0.05) is 6.04 Å². The maximum Gasteiger partial charge on any atom is 0.283 e. The highest BCUT2D eigenvalue weighted by atomic mass is 79.9. The predicted molar refractivity (Wildman–Crippen MR) is 72.9 cm³/mol. The van der Waals surface area contributed by atoms with Gasteiger partial charge in [0.1, 0.15) is 4.47 Å². The van der Waals surface area contributed by atoms with Crippen molar-refractivity contribution in [2.45, 2.75) is 25.4 Å². The number of aliphatic hydroxyl groups excluding tert-OH is 1. The largest absolute Gasteiger partial charge is 0.394 e. The number of aromatic nitrogens is 2. The van der Waals surface area contributed by atoms with Crippen LogP contribution in [0.5, 0.6) is 0 Å². The lowest BCUT2D eigenvalue weighted by Gasteiger charge is -2.09. The summed E-state index contributed by atoms with van der Waals surface area (Å²) in [4.78, 5) is 23.3. The fraction of sp³-hybridized carbons (Fsp3) is 0.545. The van der Waals surface area contributed by atoms with E-state index >= 15 is 0 Å². The van der Waals surface area contributed by atoms with Crippen molar-refractivity contribution < 1.29 is 9.90 Å². The molecule has 8 heteroatoms. The number of anilines is 1. The summed E-state index contributed by atoms with van der Waals surface area (Å²) in [5.74, 6) is -0.103. The zero-order valence-corrected chi connectivity index (χ0v) is 11.8. The van der Waals surface area contributed by atoms with Gasteiger partial charge in [0.25, 0.3) is 5.56 Å². The summed E-state index contributed by atoms with van der Waals surface area (Å²) >= 11 is 3.17. The molecule has 2 rings (SSSR count). The Morgan fingerprint density at radius 3 is 2.95 bits per heavy atom. The molecule has 1 heterocycles. The molecule has 0 aromatic carbocycles. The highest BCUT2D eigenvalue weighted by Crippen LogP contribution is 2.19. The van der Waals surface area contributed by atoms with E-state index in [2.05, 4.69) is 31.7 Å². The van der Waals surface area contributed by atoms with Crippen molar-refractivity contribution in [3.8, 4) is 0 Å². The first-order valence-electron chi connectivity index (χ1n) is 6.01. The summed E-state index contributed by atoms with van der Waals surface area (Å²) in [6.45, 7) is 0.0794. The number of aliphatic hydroxyl groups is 1. The number of carbonyl (C=O) groups excluding carboxylic acids is 1. The second-order valence-electron chi connectivity index (χ2n) is 4.32. The fourth-order valence-corrected chi connectivity index (χ4v) is 1.97. The van der Waals surface area contributed by atoms with Crippen LogP contribution in [0.4, 0.5) is 5.69 Å². The van der Waals surface area contributed by atoms with Crippen LogP contribution in [0, 0.1) is 0 Å². The molecule has 7 nitrogen and oxygen atoms in total. The minimum atomic E-state index is -0.346. The van der Waals surface area contributed by atoms with Gasteiger partial charge >= 0.3 is 0 Å². The molecule has 1 aromatic rings. The van der Waals surface area contributed by atoms with Crippen molar-refractivity contribution in [1.82, 2.24) is 15.1 Å². The van der Waals surface area contributed by atoms with Gasteiger partial charge in [0.15, 0.2) is 0 Å². The van der Waals surface area contributed by atoms with Gasteiger partial charge in [-0.25, -0.2) is 4.68 Å². The van der Waals surface area contributed by atoms with Gasteiger partial charge in [-0.2, -0.15) is 5.10 Å². The average molecular weight is 331 g/mol. The standard InChI is InChI=1S/C11H15BrN4O3/c12-10-8(5-14-16(3-4-17)11(10)19)13-6-9(18)15-7-1-2-7/h5,7,13,17H,1-4,6H2,(H,15,18). The van der Waals surface area contributed by atoms with Gasteiger partial charge in [-0.3, -0.25) is 9.59 Å². The quantitative estimate of drug-likeness (QED) is 0.664. The van der Waals surface area contributed by atoms with Crippen LogP contribution < -0.4 is 16.2 Å². The summed E-state index contributed by atoms with van der Waals surface area (Å²) in [5, 5.41) is 18.4. The number of nitrogens with one attached hydrogen (secondary N) is 2. The first kappa shape index (κ1) is 14.0. The number of carbonyl (C=O) groups is 1. The number of rotatable bonds is 6. The number of amides is 1. The van der Waals surface area contributed by atoms with E-state index in [1.54, 1.807) is 0 Å². The third-order valence-electron chi connectivity index (χ3n) is 2.68. The van der Waals surface area contributed by atoms with Crippen molar-refractivity contribution >= 4 is 27.5 Å². The van der Waals surface area contributed by atoms with Crippen LogP contribution in [0.3, 0.4) is 0 Å². The van der Waals surface area contributed by atoms with Crippen LogP contribution in [0.25, 0.3) is 0 Å².